The number of rotatable bonds is 18. The number of nitrogen functional groups attached to an aromatic ring is 1. The standard InChI is InChI=1S/C50H57N9O6/c1-31-26-37(60)27-32(2)39(31)29-43(55-45(61)41(56-49(63)64-50(3,4)5)16-11-24-59-25-23-52-48(59)51)46(62)54-42(22-21-36-30-53-40-15-10-9-14-38(36)40)47-57-44(58-65-47)28-33-17-19-35(20-18-33)34-12-7-6-8-13-34/h6-10,12-15,17-20,23,25-27,30,41-43,53,60H,11,16,21-22,24,28-29H2,1-5H3,(H2,51,52)(H,54,62)(H,55,61)(H,56,63)/t41-,42+,43+/m1/s1. The van der Waals surface area contributed by atoms with Gasteiger partial charge in [-0.2, -0.15) is 4.98 Å². The van der Waals surface area contributed by atoms with Crippen LogP contribution < -0.4 is 21.7 Å². The van der Waals surface area contributed by atoms with E-state index in [4.69, 9.17) is 20.0 Å². The highest BCUT2D eigenvalue weighted by Crippen LogP contribution is 2.27. The number of nitrogens with two attached hydrogens (primary N) is 1. The molecule has 0 saturated carbocycles. The summed E-state index contributed by atoms with van der Waals surface area (Å²) >= 11 is 0. The molecular weight excluding hydrogens is 823 g/mol. The molecule has 3 atom stereocenters. The minimum absolute atomic E-state index is 0.0729. The Hall–Kier alpha value is -7.42. The van der Waals surface area contributed by atoms with Crippen molar-refractivity contribution < 1.29 is 28.8 Å². The SMILES string of the molecule is Cc1cc(O)cc(C)c1C[C@H](NC(=O)[C@@H](CCCn1ccnc1N)NC(=O)OC(C)(C)C)C(=O)N[C@@H](CCc1c[nH]c2ccccc12)c1nc(Cc2ccc(-c3ccccc3)cc2)no1. The first-order valence-electron chi connectivity index (χ1n) is 21.9. The van der Waals surface area contributed by atoms with E-state index in [2.05, 4.69) is 55.3 Å². The number of phenolic OH excluding ortho intramolecular Hbond substituents is 1. The quantitative estimate of drug-likeness (QED) is 0.0492. The predicted octanol–water partition coefficient (Wildman–Crippen LogP) is 7.80. The van der Waals surface area contributed by atoms with Gasteiger partial charge in [0.15, 0.2) is 11.8 Å². The molecule has 15 heteroatoms. The fourth-order valence-corrected chi connectivity index (χ4v) is 7.97. The number of imidazole rings is 1. The maximum Gasteiger partial charge on any atom is 0.408 e. The van der Waals surface area contributed by atoms with Gasteiger partial charge in [0, 0.05) is 48.9 Å². The van der Waals surface area contributed by atoms with Gasteiger partial charge in [-0.15, -0.1) is 0 Å². The maximum atomic E-state index is 14.8. The molecule has 7 rings (SSSR count). The number of anilines is 1. The molecule has 3 heterocycles. The third-order valence-electron chi connectivity index (χ3n) is 11.3. The van der Waals surface area contributed by atoms with E-state index in [0.29, 0.717) is 44.0 Å². The van der Waals surface area contributed by atoms with Crippen molar-refractivity contribution in [2.24, 2.45) is 0 Å². The summed E-state index contributed by atoms with van der Waals surface area (Å²) in [7, 11) is 0. The highest BCUT2D eigenvalue weighted by molar-refractivity contribution is 5.91. The summed E-state index contributed by atoms with van der Waals surface area (Å²) in [5.41, 5.74) is 12.7. The monoisotopic (exact) mass is 879 g/mol. The zero-order chi connectivity index (χ0) is 46.1. The number of amides is 3. The van der Waals surface area contributed by atoms with Crippen LogP contribution in [0.5, 0.6) is 5.75 Å². The van der Waals surface area contributed by atoms with E-state index in [1.807, 2.05) is 74.6 Å². The lowest BCUT2D eigenvalue weighted by atomic mass is 9.95. The summed E-state index contributed by atoms with van der Waals surface area (Å²) < 4.78 is 13.2. The highest BCUT2D eigenvalue weighted by atomic mass is 16.6. The number of ether oxygens (including phenoxy) is 1. The largest absolute Gasteiger partial charge is 0.508 e. The number of alkyl carbamates (subject to hydrolysis) is 1. The summed E-state index contributed by atoms with van der Waals surface area (Å²) in [6.45, 7) is 9.31. The van der Waals surface area contributed by atoms with Crippen molar-refractivity contribution in [2.45, 2.75) is 103 Å². The Kier molecular flexibility index (Phi) is 14.3. The van der Waals surface area contributed by atoms with Crippen molar-refractivity contribution in [1.82, 2.24) is 40.6 Å². The number of H-pyrrole nitrogens is 1. The molecule has 0 fully saturated rings. The van der Waals surface area contributed by atoms with Gasteiger partial charge in [0.05, 0.1) is 0 Å². The number of para-hydroxylation sites is 1. The maximum absolute atomic E-state index is 14.8. The summed E-state index contributed by atoms with van der Waals surface area (Å²) in [4.78, 5) is 54.5. The number of nitrogens with one attached hydrogen (secondary N) is 4. The average Bonchev–Trinajstić information content (AvgIpc) is 4.02. The van der Waals surface area contributed by atoms with Crippen LogP contribution in [-0.2, 0) is 40.1 Å². The third-order valence-corrected chi connectivity index (χ3v) is 11.3. The van der Waals surface area contributed by atoms with E-state index in [-0.39, 0.29) is 24.5 Å². The van der Waals surface area contributed by atoms with Crippen LogP contribution in [-0.4, -0.2) is 65.4 Å². The second-order valence-corrected chi connectivity index (χ2v) is 17.4. The first-order chi connectivity index (χ1) is 31.2. The number of nitrogens with zero attached hydrogens (tertiary/aromatic N) is 4. The van der Waals surface area contributed by atoms with Crippen LogP contribution in [0.3, 0.4) is 0 Å². The summed E-state index contributed by atoms with van der Waals surface area (Å²) in [6, 6.07) is 26.6. The first-order valence-corrected chi connectivity index (χ1v) is 21.9. The Morgan fingerprint density at radius 3 is 2.28 bits per heavy atom. The number of fused-ring (bicyclic) bond motifs is 1. The van der Waals surface area contributed by atoms with Crippen LogP contribution in [0.4, 0.5) is 10.7 Å². The zero-order valence-electron chi connectivity index (χ0n) is 37.4. The second kappa shape index (κ2) is 20.4. The number of phenols is 1. The molecule has 0 aliphatic heterocycles. The number of benzene rings is 4. The van der Waals surface area contributed by atoms with Crippen molar-refractivity contribution in [3.05, 3.63) is 149 Å². The van der Waals surface area contributed by atoms with Crippen molar-refractivity contribution in [3.8, 4) is 16.9 Å². The molecule has 65 heavy (non-hydrogen) atoms. The molecule has 0 spiro atoms. The van der Waals surface area contributed by atoms with Gasteiger partial charge in [0.1, 0.15) is 29.5 Å². The van der Waals surface area contributed by atoms with Crippen LogP contribution in [0, 0.1) is 13.8 Å². The molecule has 0 unspecified atom stereocenters. The van der Waals surface area contributed by atoms with Crippen molar-refractivity contribution in [3.63, 3.8) is 0 Å². The second-order valence-electron chi connectivity index (χ2n) is 17.4. The fourth-order valence-electron chi connectivity index (χ4n) is 7.97. The van der Waals surface area contributed by atoms with E-state index in [0.717, 1.165) is 49.8 Å². The molecule has 338 valence electrons. The molecule has 15 nitrogen and oxygen atoms in total. The van der Waals surface area contributed by atoms with E-state index >= 15 is 0 Å². The van der Waals surface area contributed by atoms with Crippen molar-refractivity contribution >= 4 is 34.8 Å². The normalized spacial score (nSPS) is 12.9. The number of aromatic amines is 1. The van der Waals surface area contributed by atoms with Gasteiger partial charge in [-0.05, 0) is 117 Å². The van der Waals surface area contributed by atoms with Gasteiger partial charge in [-0.1, -0.05) is 78.0 Å². The van der Waals surface area contributed by atoms with Gasteiger partial charge >= 0.3 is 6.09 Å². The van der Waals surface area contributed by atoms with Crippen LogP contribution in [0.1, 0.15) is 85.6 Å². The number of hydrogen-bond acceptors (Lipinski definition) is 10. The lowest BCUT2D eigenvalue weighted by molar-refractivity contribution is -0.130. The number of aromatic hydroxyl groups is 1. The lowest BCUT2D eigenvalue weighted by Crippen LogP contribution is -2.55. The van der Waals surface area contributed by atoms with Crippen molar-refractivity contribution in [2.75, 3.05) is 5.73 Å². The zero-order valence-corrected chi connectivity index (χ0v) is 37.4. The number of carbonyl (C=O) groups is 3. The topological polar surface area (TPSA) is 215 Å². The first kappa shape index (κ1) is 45.6. The number of aromatic nitrogens is 5. The molecule has 4 aromatic carbocycles. The minimum atomic E-state index is -1.14. The Bertz CT molecular complexity index is 2690. The molecule has 0 saturated heterocycles. The molecule has 3 aromatic heterocycles. The van der Waals surface area contributed by atoms with Gasteiger partial charge in [0.2, 0.25) is 17.7 Å². The Balaban J connectivity index is 1.16. The number of hydrogen-bond donors (Lipinski definition) is 6. The molecule has 7 aromatic rings. The summed E-state index contributed by atoms with van der Waals surface area (Å²) in [6.07, 6.45) is 6.55. The fraction of sp³-hybridized carbons (Fsp3) is 0.320. The molecule has 0 aliphatic rings. The van der Waals surface area contributed by atoms with Gasteiger partial charge in [-0.25, -0.2) is 9.78 Å². The number of carbonyl (C=O) groups excluding carboxylic acids is 3. The smallest absolute Gasteiger partial charge is 0.408 e. The summed E-state index contributed by atoms with van der Waals surface area (Å²) in [5, 5.41) is 24.6. The summed E-state index contributed by atoms with van der Waals surface area (Å²) in [5.74, 6) is -0.00451. The van der Waals surface area contributed by atoms with Crippen LogP contribution in [0.25, 0.3) is 22.0 Å². The van der Waals surface area contributed by atoms with Gasteiger partial charge < -0.3 is 45.6 Å². The highest BCUT2D eigenvalue weighted by Gasteiger charge is 2.32. The van der Waals surface area contributed by atoms with Crippen molar-refractivity contribution in [1.29, 1.82) is 0 Å². The Labute approximate surface area is 378 Å². The molecular formula is C50H57N9O6. The molecule has 0 radical (unpaired) electrons. The number of aryl methyl sites for hydroxylation is 4. The average molecular weight is 880 g/mol. The van der Waals surface area contributed by atoms with E-state index in [9.17, 15) is 19.5 Å². The Morgan fingerprint density at radius 2 is 1.57 bits per heavy atom. The molecule has 0 bridgehead atoms. The lowest BCUT2D eigenvalue weighted by Gasteiger charge is -2.27. The molecule has 0 aliphatic carbocycles. The van der Waals surface area contributed by atoms with Crippen LogP contribution in [0.2, 0.25) is 0 Å². The van der Waals surface area contributed by atoms with E-state index < -0.39 is 41.6 Å². The van der Waals surface area contributed by atoms with E-state index in [1.54, 1.807) is 49.9 Å². The molecule has 7 N–H and O–H groups in total. The van der Waals surface area contributed by atoms with Crippen LogP contribution in [0.15, 0.2) is 114 Å². The predicted molar refractivity (Wildman–Crippen MR) is 249 cm³/mol. The third kappa shape index (κ3) is 12.2. The van der Waals surface area contributed by atoms with Gasteiger partial charge in [0.25, 0.3) is 0 Å². The minimum Gasteiger partial charge on any atom is -0.508 e. The van der Waals surface area contributed by atoms with Crippen LogP contribution >= 0.6 is 0 Å². The van der Waals surface area contributed by atoms with Gasteiger partial charge in [-0.3, -0.25) is 9.59 Å². The molecule has 3 amide bonds. The van der Waals surface area contributed by atoms with E-state index in [1.165, 1.54) is 0 Å². The Morgan fingerprint density at radius 1 is 0.877 bits per heavy atom.